The Morgan fingerprint density at radius 3 is 2.59 bits per heavy atom. The van der Waals surface area contributed by atoms with Gasteiger partial charge in [0.15, 0.2) is 0 Å². The molecule has 0 spiro atoms. The molecule has 0 atom stereocenters. The van der Waals surface area contributed by atoms with Gasteiger partial charge in [-0.25, -0.2) is 0 Å². The van der Waals surface area contributed by atoms with Crippen LogP contribution < -0.4 is 10.6 Å². The van der Waals surface area contributed by atoms with Crippen LogP contribution in [-0.2, 0) is 4.74 Å². The quantitative estimate of drug-likeness (QED) is 0.874. The zero-order valence-corrected chi connectivity index (χ0v) is 14.5. The van der Waals surface area contributed by atoms with Crippen LogP contribution in [0.5, 0.6) is 0 Å². The number of methoxy groups -OCH3 is 1. The van der Waals surface area contributed by atoms with E-state index in [-0.39, 0.29) is 23.7 Å². The number of aryl methyl sites for hydroxylation is 2. The lowest BCUT2D eigenvalue weighted by Gasteiger charge is -2.37. The molecule has 1 saturated heterocycles. The van der Waals surface area contributed by atoms with E-state index < -0.39 is 0 Å². The maximum atomic E-state index is 12.4. The third-order valence-electron chi connectivity index (χ3n) is 4.37. The lowest BCUT2D eigenvalue weighted by atomic mass is 9.79. The highest BCUT2D eigenvalue weighted by atomic mass is 35.5. The largest absolute Gasteiger partial charge is 0.384 e. The number of rotatable bonds is 5. The first-order chi connectivity index (χ1) is 10.1. The zero-order chi connectivity index (χ0) is 15.3. The molecule has 0 saturated carbocycles. The van der Waals surface area contributed by atoms with Crippen LogP contribution in [0.4, 0.5) is 0 Å². The van der Waals surface area contributed by atoms with E-state index in [9.17, 15) is 4.79 Å². The number of carbonyl (C=O) groups excluding carboxylic acids is 1. The van der Waals surface area contributed by atoms with Crippen LogP contribution in [0.2, 0.25) is 0 Å². The van der Waals surface area contributed by atoms with Crippen molar-refractivity contribution in [2.75, 3.05) is 33.4 Å². The molecule has 2 N–H and O–H groups in total. The Hall–Kier alpha value is -1.10. The highest BCUT2D eigenvalue weighted by molar-refractivity contribution is 5.95. The molecule has 4 nitrogen and oxygen atoms in total. The minimum atomic E-state index is 0. The minimum Gasteiger partial charge on any atom is -0.384 e. The number of nitrogens with one attached hydrogen (secondary N) is 2. The first-order valence-corrected chi connectivity index (χ1v) is 7.61. The third-order valence-corrected chi connectivity index (χ3v) is 4.37. The van der Waals surface area contributed by atoms with Crippen LogP contribution in [-0.4, -0.2) is 39.3 Å². The van der Waals surface area contributed by atoms with Crippen LogP contribution in [0.1, 0.15) is 34.3 Å². The van der Waals surface area contributed by atoms with E-state index in [0.717, 1.165) is 37.1 Å². The van der Waals surface area contributed by atoms with Gasteiger partial charge in [0.1, 0.15) is 0 Å². The Labute approximate surface area is 139 Å². The first kappa shape index (κ1) is 18.9. The van der Waals surface area contributed by atoms with E-state index in [1.807, 2.05) is 32.0 Å². The zero-order valence-electron chi connectivity index (χ0n) is 13.7. The topological polar surface area (TPSA) is 50.4 Å². The summed E-state index contributed by atoms with van der Waals surface area (Å²) in [5, 5.41) is 6.47. The van der Waals surface area contributed by atoms with E-state index in [1.54, 1.807) is 7.11 Å². The normalized spacial score (nSPS) is 16.7. The molecule has 0 bridgehead atoms. The molecule has 22 heavy (non-hydrogen) atoms. The molecule has 0 unspecified atom stereocenters. The van der Waals surface area contributed by atoms with Crippen molar-refractivity contribution in [1.82, 2.24) is 10.6 Å². The second kappa shape index (κ2) is 8.51. The number of halogens is 1. The molecule has 1 aliphatic heterocycles. The van der Waals surface area contributed by atoms with Gasteiger partial charge in [0.25, 0.3) is 5.91 Å². The monoisotopic (exact) mass is 326 g/mol. The van der Waals surface area contributed by atoms with Gasteiger partial charge in [0, 0.05) is 24.6 Å². The number of benzene rings is 1. The smallest absolute Gasteiger partial charge is 0.251 e. The Morgan fingerprint density at radius 1 is 1.32 bits per heavy atom. The fourth-order valence-electron chi connectivity index (χ4n) is 3.07. The lowest BCUT2D eigenvalue weighted by molar-refractivity contribution is 0.0511. The number of hydrogen-bond acceptors (Lipinski definition) is 3. The Balaban J connectivity index is 0.00000242. The molecule has 2 rings (SSSR count). The number of amides is 1. The molecule has 1 aromatic rings. The van der Waals surface area contributed by atoms with Crippen molar-refractivity contribution in [2.45, 2.75) is 26.7 Å². The molecule has 0 radical (unpaired) electrons. The maximum absolute atomic E-state index is 12.4. The molecular formula is C17H27ClN2O2. The summed E-state index contributed by atoms with van der Waals surface area (Å²) in [6.07, 6.45) is 2.07. The van der Waals surface area contributed by atoms with Crippen LogP contribution in [0.25, 0.3) is 0 Å². The molecule has 1 amide bonds. The van der Waals surface area contributed by atoms with Crippen molar-refractivity contribution in [3.8, 4) is 0 Å². The summed E-state index contributed by atoms with van der Waals surface area (Å²) in [4.78, 5) is 12.4. The van der Waals surface area contributed by atoms with Crippen LogP contribution >= 0.6 is 12.4 Å². The minimum absolute atomic E-state index is 0. The van der Waals surface area contributed by atoms with Crippen molar-refractivity contribution in [1.29, 1.82) is 0 Å². The lowest BCUT2D eigenvalue weighted by Crippen LogP contribution is -2.47. The number of ether oxygens (including phenoxy) is 1. The number of hydrogen-bond donors (Lipinski definition) is 2. The summed E-state index contributed by atoms with van der Waals surface area (Å²) in [6.45, 7) is 7.37. The summed E-state index contributed by atoms with van der Waals surface area (Å²) in [5.41, 5.74) is 3.04. The highest BCUT2D eigenvalue weighted by Crippen LogP contribution is 2.28. The molecule has 0 aromatic heterocycles. The van der Waals surface area contributed by atoms with Gasteiger partial charge in [0.05, 0.1) is 6.61 Å². The van der Waals surface area contributed by atoms with E-state index in [1.165, 1.54) is 5.56 Å². The summed E-state index contributed by atoms with van der Waals surface area (Å²) >= 11 is 0. The molecule has 5 heteroatoms. The number of piperidine rings is 1. The molecule has 1 fully saturated rings. The van der Waals surface area contributed by atoms with Gasteiger partial charge >= 0.3 is 0 Å². The first-order valence-electron chi connectivity index (χ1n) is 7.61. The van der Waals surface area contributed by atoms with Crippen molar-refractivity contribution >= 4 is 18.3 Å². The molecule has 1 aliphatic rings. The predicted octanol–water partition coefficient (Wildman–Crippen LogP) is 2.47. The summed E-state index contributed by atoms with van der Waals surface area (Å²) in [5.74, 6) is 0.0153. The summed E-state index contributed by atoms with van der Waals surface area (Å²) < 4.78 is 5.38. The van der Waals surface area contributed by atoms with Crippen LogP contribution in [0.3, 0.4) is 0 Å². The Bertz CT molecular complexity index is 494. The van der Waals surface area contributed by atoms with Gasteiger partial charge in [-0.05, 0) is 51.4 Å². The van der Waals surface area contributed by atoms with Gasteiger partial charge in [-0.2, -0.15) is 0 Å². The van der Waals surface area contributed by atoms with Crippen molar-refractivity contribution < 1.29 is 9.53 Å². The molecule has 1 aromatic carbocycles. The molecule has 1 heterocycles. The average molecular weight is 327 g/mol. The average Bonchev–Trinajstić information content (AvgIpc) is 2.46. The van der Waals surface area contributed by atoms with Gasteiger partial charge < -0.3 is 15.4 Å². The Kier molecular flexibility index (Phi) is 7.33. The number of carbonyl (C=O) groups is 1. The van der Waals surface area contributed by atoms with Gasteiger partial charge in [-0.1, -0.05) is 17.7 Å². The standard InChI is InChI=1S/C17H26N2O2.ClH/c1-13-4-5-15(14(2)10-13)16(20)19-11-17(12-21-3)6-8-18-9-7-17;/h4-5,10,18H,6-9,11-12H2,1-3H3,(H,19,20);1H. The van der Waals surface area contributed by atoms with Gasteiger partial charge in [-0.15, -0.1) is 12.4 Å². The third kappa shape index (κ3) is 4.70. The second-order valence-corrected chi connectivity index (χ2v) is 6.18. The maximum Gasteiger partial charge on any atom is 0.251 e. The summed E-state index contributed by atoms with van der Waals surface area (Å²) in [6, 6.07) is 5.94. The summed E-state index contributed by atoms with van der Waals surface area (Å²) in [7, 11) is 1.73. The molecular weight excluding hydrogens is 300 g/mol. The van der Waals surface area contributed by atoms with Gasteiger partial charge in [-0.3, -0.25) is 4.79 Å². The van der Waals surface area contributed by atoms with Crippen LogP contribution in [0.15, 0.2) is 18.2 Å². The second-order valence-electron chi connectivity index (χ2n) is 6.18. The van der Waals surface area contributed by atoms with Crippen LogP contribution in [0, 0.1) is 19.3 Å². The SMILES string of the molecule is COCC1(CNC(=O)c2ccc(C)cc2C)CCNCC1.Cl. The van der Waals surface area contributed by atoms with Crippen molar-refractivity contribution in [3.05, 3.63) is 34.9 Å². The predicted molar refractivity (Wildman–Crippen MR) is 91.9 cm³/mol. The van der Waals surface area contributed by atoms with E-state index in [4.69, 9.17) is 4.74 Å². The fraction of sp³-hybridized carbons (Fsp3) is 0.588. The Morgan fingerprint density at radius 2 is 2.00 bits per heavy atom. The molecule has 0 aliphatic carbocycles. The van der Waals surface area contributed by atoms with E-state index in [0.29, 0.717) is 13.2 Å². The van der Waals surface area contributed by atoms with Crippen molar-refractivity contribution in [3.63, 3.8) is 0 Å². The van der Waals surface area contributed by atoms with E-state index >= 15 is 0 Å². The highest BCUT2D eigenvalue weighted by Gasteiger charge is 2.32. The van der Waals surface area contributed by atoms with Gasteiger partial charge in [0.2, 0.25) is 0 Å². The van der Waals surface area contributed by atoms with E-state index in [2.05, 4.69) is 10.6 Å². The fourth-order valence-corrected chi connectivity index (χ4v) is 3.07. The molecule has 124 valence electrons. The van der Waals surface area contributed by atoms with Crippen molar-refractivity contribution in [2.24, 2.45) is 5.41 Å².